The quantitative estimate of drug-likeness (QED) is 0.842. The van der Waals surface area contributed by atoms with E-state index in [1.165, 1.54) is 12.1 Å². The molecule has 0 spiro atoms. The number of rotatable bonds is 3. The van der Waals surface area contributed by atoms with Gasteiger partial charge in [-0.3, -0.25) is 4.79 Å². The number of carbonyl (C=O) groups excluding carboxylic acids is 1. The summed E-state index contributed by atoms with van der Waals surface area (Å²) in [7, 11) is 0. The van der Waals surface area contributed by atoms with Crippen LogP contribution in [0.4, 0.5) is 5.69 Å². The lowest BCUT2D eigenvalue weighted by molar-refractivity contribution is -0.115. The second-order valence-electron chi connectivity index (χ2n) is 4.38. The maximum Gasteiger partial charge on any atom is 0.228 e. The number of nitrogens with one attached hydrogen (secondary N) is 1. The van der Waals surface area contributed by atoms with E-state index in [0.29, 0.717) is 12.1 Å². The first-order valence-electron chi connectivity index (χ1n) is 5.88. The zero-order valence-corrected chi connectivity index (χ0v) is 11.2. The van der Waals surface area contributed by atoms with E-state index in [1.54, 1.807) is 6.07 Å². The predicted molar refractivity (Wildman–Crippen MR) is 76.6 cm³/mol. The van der Waals surface area contributed by atoms with Gasteiger partial charge in [0.1, 0.15) is 5.75 Å². The number of amides is 1. The molecule has 3 nitrogen and oxygen atoms in total. The fourth-order valence-electron chi connectivity index (χ4n) is 1.80. The Morgan fingerprint density at radius 3 is 2.74 bits per heavy atom. The highest BCUT2D eigenvalue weighted by Crippen LogP contribution is 2.26. The van der Waals surface area contributed by atoms with Gasteiger partial charge in [-0.25, -0.2) is 0 Å². The maximum absolute atomic E-state index is 11.9. The van der Waals surface area contributed by atoms with E-state index >= 15 is 0 Å². The molecule has 0 heterocycles. The summed E-state index contributed by atoms with van der Waals surface area (Å²) in [6.07, 6.45) is 0.306. The summed E-state index contributed by atoms with van der Waals surface area (Å²) in [5, 5.41) is 12.3. The Morgan fingerprint density at radius 2 is 2.05 bits per heavy atom. The molecule has 1 amide bonds. The van der Waals surface area contributed by atoms with Crippen LogP contribution in [0.2, 0.25) is 5.02 Å². The first-order valence-corrected chi connectivity index (χ1v) is 6.26. The number of hydrogen-bond acceptors (Lipinski definition) is 2. The van der Waals surface area contributed by atoms with Gasteiger partial charge >= 0.3 is 0 Å². The number of aromatic hydroxyl groups is 1. The molecule has 2 aromatic rings. The largest absolute Gasteiger partial charge is 0.506 e. The number of phenolic OH excluding ortho intramolecular Hbond substituents is 1. The zero-order valence-electron chi connectivity index (χ0n) is 10.5. The highest BCUT2D eigenvalue weighted by Gasteiger charge is 2.06. The summed E-state index contributed by atoms with van der Waals surface area (Å²) in [5.74, 6) is -0.120. The number of benzene rings is 2. The molecule has 19 heavy (non-hydrogen) atoms. The van der Waals surface area contributed by atoms with Gasteiger partial charge in [-0.05, 0) is 30.7 Å². The van der Waals surface area contributed by atoms with E-state index in [4.69, 9.17) is 11.6 Å². The predicted octanol–water partition coefficient (Wildman–Crippen LogP) is 3.54. The molecule has 2 N–H and O–H groups in total. The molecular weight excluding hydrogens is 262 g/mol. The normalized spacial score (nSPS) is 10.2. The van der Waals surface area contributed by atoms with E-state index in [-0.39, 0.29) is 16.7 Å². The van der Waals surface area contributed by atoms with Crippen molar-refractivity contribution in [1.82, 2.24) is 0 Å². The first-order chi connectivity index (χ1) is 9.04. The Bertz CT molecular complexity index is 611. The van der Waals surface area contributed by atoms with E-state index in [0.717, 1.165) is 11.1 Å². The Hall–Kier alpha value is -2.00. The highest BCUT2D eigenvalue weighted by molar-refractivity contribution is 6.32. The molecule has 0 bridgehead atoms. The molecular formula is C15H14ClNO2. The van der Waals surface area contributed by atoms with E-state index in [1.807, 2.05) is 31.2 Å². The van der Waals surface area contributed by atoms with Gasteiger partial charge in [0, 0.05) is 5.69 Å². The lowest BCUT2D eigenvalue weighted by atomic mass is 10.1. The second-order valence-corrected chi connectivity index (χ2v) is 4.79. The minimum Gasteiger partial charge on any atom is -0.506 e. The average Bonchev–Trinajstić information content (AvgIpc) is 2.34. The summed E-state index contributed by atoms with van der Waals surface area (Å²) >= 11 is 5.78. The van der Waals surface area contributed by atoms with Crippen LogP contribution >= 0.6 is 11.6 Å². The van der Waals surface area contributed by atoms with Crippen molar-refractivity contribution in [1.29, 1.82) is 0 Å². The van der Waals surface area contributed by atoms with Gasteiger partial charge in [0.05, 0.1) is 11.4 Å². The monoisotopic (exact) mass is 275 g/mol. The van der Waals surface area contributed by atoms with Gasteiger partial charge in [-0.1, -0.05) is 41.4 Å². The van der Waals surface area contributed by atoms with Crippen molar-refractivity contribution in [2.45, 2.75) is 13.3 Å². The summed E-state index contributed by atoms with van der Waals surface area (Å²) in [6, 6.07) is 12.4. The molecule has 0 aliphatic rings. The number of halogens is 1. The van der Waals surface area contributed by atoms with Gasteiger partial charge in [0.15, 0.2) is 0 Å². The van der Waals surface area contributed by atoms with Crippen molar-refractivity contribution in [3.8, 4) is 5.75 Å². The average molecular weight is 276 g/mol. The Balaban J connectivity index is 2.03. The number of carbonyl (C=O) groups is 1. The molecule has 2 aromatic carbocycles. The van der Waals surface area contributed by atoms with E-state index in [2.05, 4.69) is 5.32 Å². The molecule has 0 saturated heterocycles. The third kappa shape index (κ3) is 3.73. The van der Waals surface area contributed by atoms with Crippen molar-refractivity contribution in [3.05, 3.63) is 58.6 Å². The van der Waals surface area contributed by atoms with Gasteiger partial charge in [-0.15, -0.1) is 0 Å². The Kier molecular flexibility index (Phi) is 4.07. The summed E-state index contributed by atoms with van der Waals surface area (Å²) in [5.41, 5.74) is 2.65. The summed E-state index contributed by atoms with van der Waals surface area (Å²) < 4.78 is 0. The lowest BCUT2D eigenvalue weighted by Gasteiger charge is -2.07. The SMILES string of the molecule is Cc1cccc(CC(=O)Nc2ccc(O)c(Cl)c2)c1. The van der Waals surface area contributed by atoms with Gasteiger partial charge in [0.2, 0.25) is 5.91 Å². The fourth-order valence-corrected chi connectivity index (χ4v) is 1.98. The number of hydrogen-bond donors (Lipinski definition) is 2. The fraction of sp³-hybridized carbons (Fsp3) is 0.133. The minimum absolute atomic E-state index is 0.00153. The van der Waals surface area contributed by atoms with Crippen molar-refractivity contribution in [2.24, 2.45) is 0 Å². The molecule has 0 unspecified atom stereocenters. The molecule has 0 fully saturated rings. The van der Waals surface area contributed by atoms with Crippen LogP contribution in [-0.2, 0) is 11.2 Å². The van der Waals surface area contributed by atoms with E-state index in [9.17, 15) is 9.90 Å². The van der Waals surface area contributed by atoms with Crippen molar-refractivity contribution >= 4 is 23.2 Å². The lowest BCUT2D eigenvalue weighted by Crippen LogP contribution is -2.14. The van der Waals surface area contributed by atoms with Crippen LogP contribution in [0.1, 0.15) is 11.1 Å². The molecule has 98 valence electrons. The van der Waals surface area contributed by atoms with Crippen molar-refractivity contribution in [3.63, 3.8) is 0 Å². The molecule has 4 heteroatoms. The van der Waals surface area contributed by atoms with Crippen LogP contribution in [0, 0.1) is 6.92 Å². The summed E-state index contributed by atoms with van der Waals surface area (Å²) in [6.45, 7) is 1.99. The topological polar surface area (TPSA) is 49.3 Å². The van der Waals surface area contributed by atoms with Crippen molar-refractivity contribution < 1.29 is 9.90 Å². The molecule has 0 aliphatic heterocycles. The van der Waals surface area contributed by atoms with Gasteiger partial charge in [0.25, 0.3) is 0 Å². The molecule has 0 saturated carbocycles. The Labute approximate surface area is 116 Å². The standard InChI is InChI=1S/C15H14ClNO2/c1-10-3-2-4-11(7-10)8-15(19)17-12-5-6-14(18)13(16)9-12/h2-7,9,18H,8H2,1H3,(H,17,19). The zero-order chi connectivity index (χ0) is 13.8. The molecule has 0 radical (unpaired) electrons. The van der Waals surface area contributed by atoms with Crippen molar-refractivity contribution in [2.75, 3.05) is 5.32 Å². The van der Waals surface area contributed by atoms with Crippen LogP contribution < -0.4 is 5.32 Å². The van der Waals surface area contributed by atoms with Crippen LogP contribution in [0.3, 0.4) is 0 Å². The third-order valence-electron chi connectivity index (χ3n) is 2.68. The van der Waals surface area contributed by atoms with Gasteiger partial charge in [-0.2, -0.15) is 0 Å². The Morgan fingerprint density at radius 1 is 1.26 bits per heavy atom. The molecule has 0 aromatic heterocycles. The van der Waals surface area contributed by atoms with E-state index < -0.39 is 0 Å². The third-order valence-corrected chi connectivity index (χ3v) is 2.98. The minimum atomic E-state index is -0.118. The summed E-state index contributed by atoms with van der Waals surface area (Å²) in [4.78, 5) is 11.9. The number of phenols is 1. The first kappa shape index (κ1) is 13.4. The molecule has 0 atom stereocenters. The van der Waals surface area contributed by atoms with Crippen LogP contribution in [0.5, 0.6) is 5.75 Å². The number of anilines is 1. The maximum atomic E-state index is 11.9. The number of aryl methyl sites for hydroxylation is 1. The van der Waals surface area contributed by atoms with Crippen LogP contribution in [-0.4, -0.2) is 11.0 Å². The highest BCUT2D eigenvalue weighted by atomic mass is 35.5. The second kappa shape index (κ2) is 5.76. The van der Waals surface area contributed by atoms with Crippen LogP contribution in [0.25, 0.3) is 0 Å². The van der Waals surface area contributed by atoms with Crippen LogP contribution in [0.15, 0.2) is 42.5 Å². The molecule has 2 rings (SSSR count). The molecule has 0 aliphatic carbocycles. The smallest absolute Gasteiger partial charge is 0.228 e. The van der Waals surface area contributed by atoms with Gasteiger partial charge < -0.3 is 10.4 Å².